The van der Waals surface area contributed by atoms with Gasteiger partial charge in [0.1, 0.15) is 11.6 Å². The standard InChI is InChI=1S/C24H26FN5O2S/c1-3-20-26-24-30(27-20)23(31)22(33-24)21(16-4-6-17(25)7-5-16)29-14-12-28(13-15-29)18-8-10-19(32-2)11-9-18/h4-11,21,31H,3,12-15H2,1-2H3. The van der Waals surface area contributed by atoms with E-state index in [0.29, 0.717) is 17.2 Å². The first-order valence-corrected chi connectivity index (χ1v) is 11.8. The summed E-state index contributed by atoms with van der Waals surface area (Å²) >= 11 is 1.44. The molecule has 0 amide bonds. The van der Waals surface area contributed by atoms with E-state index in [4.69, 9.17) is 4.74 Å². The minimum atomic E-state index is -0.277. The van der Waals surface area contributed by atoms with E-state index in [0.717, 1.165) is 48.1 Å². The number of thiazole rings is 1. The van der Waals surface area contributed by atoms with Crippen molar-refractivity contribution in [3.63, 3.8) is 0 Å². The van der Waals surface area contributed by atoms with Gasteiger partial charge in [0.05, 0.1) is 18.0 Å². The Balaban J connectivity index is 1.44. The van der Waals surface area contributed by atoms with Crippen LogP contribution in [0.25, 0.3) is 4.96 Å². The SMILES string of the molecule is CCc1nc2sc(C(c3ccc(F)cc3)N3CCN(c4ccc(OC)cc4)CC3)c(O)n2n1. The molecule has 2 aromatic carbocycles. The average Bonchev–Trinajstić information content (AvgIpc) is 3.40. The molecule has 1 fully saturated rings. The van der Waals surface area contributed by atoms with Crippen LogP contribution < -0.4 is 9.64 Å². The van der Waals surface area contributed by atoms with E-state index in [-0.39, 0.29) is 17.7 Å². The minimum Gasteiger partial charge on any atom is -0.497 e. The molecular formula is C24H26FN5O2S. The number of hydrogen-bond acceptors (Lipinski definition) is 7. The van der Waals surface area contributed by atoms with Crippen LogP contribution in [0.1, 0.15) is 29.2 Å². The second-order valence-corrected chi connectivity index (χ2v) is 9.05. The summed E-state index contributed by atoms with van der Waals surface area (Å²) in [5, 5.41) is 15.5. The lowest BCUT2D eigenvalue weighted by atomic mass is 10.0. The van der Waals surface area contributed by atoms with Crippen LogP contribution in [0.5, 0.6) is 11.6 Å². The lowest BCUT2D eigenvalue weighted by Crippen LogP contribution is -2.47. The predicted molar refractivity (Wildman–Crippen MR) is 127 cm³/mol. The molecule has 3 heterocycles. The van der Waals surface area contributed by atoms with Crippen LogP contribution in [0.15, 0.2) is 48.5 Å². The van der Waals surface area contributed by atoms with Crippen LogP contribution in [-0.4, -0.2) is 57.9 Å². The number of piperazine rings is 1. The topological polar surface area (TPSA) is 66.1 Å². The Morgan fingerprint density at radius 3 is 2.36 bits per heavy atom. The quantitative estimate of drug-likeness (QED) is 0.460. The molecule has 1 N–H and O–H groups in total. The molecule has 7 nitrogen and oxygen atoms in total. The summed E-state index contributed by atoms with van der Waals surface area (Å²) in [6.07, 6.45) is 0.706. The summed E-state index contributed by atoms with van der Waals surface area (Å²) in [5.41, 5.74) is 2.09. The Hall–Kier alpha value is -3.17. The average molecular weight is 468 g/mol. The van der Waals surface area contributed by atoms with E-state index in [1.807, 2.05) is 19.1 Å². The molecule has 1 aliphatic heterocycles. The van der Waals surface area contributed by atoms with Crippen molar-refractivity contribution < 1.29 is 14.2 Å². The third-order valence-electron chi connectivity index (χ3n) is 6.11. The highest BCUT2D eigenvalue weighted by atomic mass is 32.1. The number of aryl methyl sites for hydroxylation is 1. The molecule has 4 aromatic rings. The predicted octanol–water partition coefficient (Wildman–Crippen LogP) is 4.12. The minimum absolute atomic E-state index is 0.106. The number of halogens is 1. The van der Waals surface area contributed by atoms with Crippen LogP contribution in [0.4, 0.5) is 10.1 Å². The van der Waals surface area contributed by atoms with Crippen molar-refractivity contribution in [2.24, 2.45) is 0 Å². The fourth-order valence-electron chi connectivity index (χ4n) is 4.32. The molecule has 9 heteroatoms. The number of rotatable bonds is 6. The summed E-state index contributed by atoms with van der Waals surface area (Å²) in [4.78, 5) is 10.6. The van der Waals surface area contributed by atoms with Crippen molar-refractivity contribution in [2.45, 2.75) is 19.4 Å². The van der Waals surface area contributed by atoms with Crippen LogP contribution in [0, 0.1) is 5.82 Å². The highest BCUT2D eigenvalue weighted by molar-refractivity contribution is 7.17. The molecule has 0 spiro atoms. The smallest absolute Gasteiger partial charge is 0.230 e. The maximum atomic E-state index is 13.7. The van der Waals surface area contributed by atoms with Gasteiger partial charge in [-0.2, -0.15) is 4.52 Å². The number of ether oxygens (including phenoxy) is 1. The molecular weight excluding hydrogens is 441 g/mol. The van der Waals surface area contributed by atoms with Gasteiger partial charge in [-0.1, -0.05) is 30.4 Å². The summed E-state index contributed by atoms with van der Waals surface area (Å²) in [6.45, 7) is 5.25. The Morgan fingerprint density at radius 1 is 1.06 bits per heavy atom. The summed E-state index contributed by atoms with van der Waals surface area (Å²) in [7, 11) is 1.67. The van der Waals surface area contributed by atoms with Gasteiger partial charge in [-0.15, -0.1) is 5.10 Å². The van der Waals surface area contributed by atoms with E-state index in [1.54, 1.807) is 19.2 Å². The number of methoxy groups -OCH3 is 1. The first-order chi connectivity index (χ1) is 16.1. The maximum absolute atomic E-state index is 13.7. The highest BCUT2D eigenvalue weighted by Crippen LogP contribution is 2.40. The van der Waals surface area contributed by atoms with Crippen molar-refractivity contribution in [3.05, 3.63) is 70.6 Å². The second kappa shape index (κ2) is 8.99. The first kappa shape index (κ1) is 21.7. The first-order valence-electron chi connectivity index (χ1n) is 11.0. The maximum Gasteiger partial charge on any atom is 0.230 e. The Bertz CT molecular complexity index is 1230. The monoisotopic (exact) mass is 467 g/mol. The van der Waals surface area contributed by atoms with Crippen molar-refractivity contribution in [1.82, 2.24) is 19.5 Å². The molecule has 0 bridgehead atoms. The van der Waals surface area contributed by atoms with E-state index in [9.17, 15) is 9.50 Å². The normalized spacial score (nSPS) is 15.8. The summed E-state index contributed by atoms with van der Waals surface area (Å²) in [6, 6.07) is 14.4. The number of hydrogen-bond donors (Lipinski definition) is 1. The Kier molecular flexibility index (Phi) is 5.90. The largest absolute Gasteiger partial charge is 0.497 e. The van der Waals surface area contributed by atoms with E-state index in [2.05, 4.69) is 32.0 Å². The van der Waals surface area contributed by atoms with Gasteiger partial charge in [-0.05, 0) is 42.0 Å². The second-order valence-electron chi connectivity index (χ2n) is 8.04. The van der Waals surface area contributed by atoms with Gasteiger partial charge in [0.15, 0.2) is 5.82 Å². The van der Waals surface area contributed by atoms with Gasteiger partial charge in [-0.3, -0.25) is 4.90 Å². The van der Waals surface area contributed by atoms with Gasteiger partial charge in [0.2, 0.25) is 10.8 Å². The lowest BCUT2D eigenvalue weighted by Gasteiger charge is -2.40. The number of anilines is 1. The third kappa shape index (κ3) is 4.14. The number of aromatic nitrogens is 3. The van der Waals surface area contributed by atoms with E-state index in [1.165, 1.54) is 28.0 Å². The van der Waals surface area contributed by atoms with Crippen molar-refractivity contribution in [1.29, 1.82) is 0 Å². The zero-order chi connectivity index (χ0) is 22.9. The molecule has 1 unspecified atom stereocenters. The zero-order valence-electron chi connectivity index (χ0n) is 18.6. The number of benzene rings is 2. The van der Waals surface area contributed by atoms with Crippen LogP contribution in [-0.2, 0) is 6.42 Å². The van der Waals surface area contributed by atoms with Crippen LogP contribution in [0.3, 0.4) is 0 Å². The van der Waals surface area contributed by atoms with Crippen molar-refractivity contribution >= 4 is 22.0 Å². The summed E-state index contributed by atoms with van der Waals surface area (Å²) < 4.78 is 20.5. The lowest BCUT2D eigenvalue weighted by molar-refractivity contribution is 0.211. The van der Waals surface area contributed by atoms with Gasteiger partial charge in [0, 0.05) is 38.3 Å². The van der Waals surface area contributed by atoms with Crippen molar-refractivity contribution in [3.8, 4) is 11.6 Å². The zero-order valence-corrected chi connectivity index (χ0v) is 19.4. The molecule has 5 rings (SSSR count). The molecule has 0 saturated carbocycles. The molecule has 1 saturated heterocycles. The van der Waals surface area contributed by atoms with Gasteiger partial charge >= 0.3 is 0 Å². The molecule has 172 valence electrons. The van der Waals surface area contributed by atoms with E-state index >= 15 is 0 Å². The summed E-state index contributed by atoms with van der Waals surface area (Å²) in [5.74, 6) is 1.37. The van der Waals surface area contributed by atoms with Gasteiger partial charge < -0.3 is 14.7 Å². The van der Waals surface area contributed by atoms with Crippen molar-refractivity contribution in [2.75, 3.05) is 38.2 Å². The third-order valence-corrected chi connectivity index (χ3v) is 7.18. The van der Waals surface area contributed by atoms with Crippen LogP contribution in [0.2, 0.25) is 0 Å². The molecule has 0 radical (unpaired) electrons. The molecule has 1 aliphatic rings. The molecule has 0 aliphatic carbocycles. The highest BCUT2D eigenvalue weighted by Gasteiger charge is 2.32. The van der Waals surface area contributed by atoms with Gasteiger partial charge in [0.25, 0.3) is 0 Å². The Labute approximate surface area is 195 Å². The Morgan fingerprint density at radius 2 is 1.76 bits per heavy atom. The molecule has 2 aromatic heterocycles. The fraction of sp³-hybridized carbons (Fsp3) is 0.333. The van der Waals surface area contributed by atoms with Gasteiger partial charge in [-0.25, -0.2) is 9.37 Å². The fourth-order valence-corrected chi connectivity index (χ4v) is 5.46. The molecule has 1 atom stereocenters. The van der Waals surface area contributed by atoms with Crippen LogP contribution >= 0.6 is 11.3 Å². The number of nitrogens with zero attached hydrogens (tertiary/aromatic N) is 5. The number of aromatic hydroxyl groups is 1. The number of fused-ring (bicyclic) bond motifs is 1. The molecule has 33 heavy (non-hydrogen) atoms. The van der Waals surface area contributed by atoms with E-state index < -0.39 is 0 Å².